The number of halogens is 2. The van der Waals surface area contributed by atoms with Crippen LogP contribution in [0.5, 0.6) is 0 Å². The van der Waals surface area contributed by atoms with Crippen molar-refractivity contribution in [1.29, 1.82) is 0 Å². The quantitative estimate of drug-likeness (QED) is 0.755. The summed E-state index contributed by atoms with van der Waals surface area (Å²) >= 11 is 11.7. The molecule has 0 atom stereocenters. The minimum atomic E-state index is -0.408. The Labute approximate surface area is 134 Å². The summed E-state index contributed by atoms with van der Waals surface area (Å²) in [4.78, 5) is 28.4. The van der Waals surface area contributed by atoms with Gasteiger partial charge in [0.15, 0.2) is 5.65 Å². The maximum atomic E-state index is 12.3. The molecule has 0 fully saturated rings. The standard InChI is InChI=1S/C14H10Cl2N4O2/c1-7-4-12(21)20-13(18-7)9(6-17-20)14(22)19-8-2-3-10(15)11(16)5-8/h2-6,17H,1H3,(H,19,22). The second-order valence-electron chi connectivity index (χ2n) is 4.66. The number of hydrogen-bond donors (Lipinski definition) is 2. The number of H-pyrrole nitrogens is 1. The zero-order valence-electron chi connectivity index (χ0n) is 11.4. The van der Waals surface area contributed by atoms with Gasteiger partial charge in [-0.25, -0.2) is 9.50 Å². The Bertz CT molecular complexity index is 946. The average Bonchev–Trinajstić information content (AvgIpc) is 2.87. The van der Waals surface area contributed by atoms with Crippen LogP contribution in [0, 0.1) is 6.92 Å². The van der Waals surface area contributed by atoms with Crippen molar-refractivity contribution in [2.45, 2.75) is 6.92 Å². The lowest BCUT2D eigenvalue weighted by Crippen LogP contribution is -2.16. The third-order valence-electron chi connectivity index (χ3n) is 3.05. The first-order chi connectivity index (χ1) is 10.5. The van der Waals surface area contributed by atoms with E-state index in [4.69, 9.17) is 23.2 Å². The molecule has 1 amide bonds. The monoisotopic (exact) mass is 336 g/mol. The zero-order chi connectivity index (χ0) is 15.9. The van der Waals surface area contributed by atoms with Gasteiger partial charge < -0.3 is 5.32 Å². The number of fused-ring (bicyclic) bond motifs is 1. The minimum absolute atomic E-state index is 0.256. The van der Waals surface area contributed by atoms with E-state index in [1.807, 2.05) is 0 Å². The average molecular weight is 337 g/mol. The van der Waals surface area contributed by atoms with Gasteiger partial charge in [0, 0.05) is 23.6 Å². The molecule has 0 radical (unpaired) electrons. The van der Waals surface area contributed by atoms with E-state index in [0.29, 0.717) is 21.4 Å². The summed E-state index contributed by atoms with van der Waals surface area (Å²) in [6.07, 6.45) is 1.43. The number of amides is 1. The predicted molar refractivity (Wildman–Crippen MR) is 85.0 cm³/mol. The van der Waals surface area contributed by atoms with Crippen molar-refractivity contribution in [3.05, 3.63) is 62.1 Å². The van der Waals surface area contributed by atoms with Gasteiger partial charge in [-0.05, 0) is 25.1 Å². The van der Waals surface area contributed by atoms with E-state index in [9.17, 15) is 9.59 Å². The van der Waals surface area contributed by atoms with Crippen LogP contribution < -0.4 is 10.9 Å². The van der Waals surface area contributed by atoms with Gasteiger partial charge in [-0.15, -0.1) is 0 Å². The molecule has 112 valence electrons. The minimum Gasteiger partial charge on any atom is -0.322 e. The zero-order valence-corrected chi connectivity index (χ0v) is 12.9. The van der Waals surface area contributed by atoms with E-state index in [-0.39, 0.29) is 16.8 Å². The molecule has 0 unspecified atom stereocenters. The molecule has 8 heteroatoms. The van der Waals surface area contributed by atoms with Gasteiger partial charge in [-0.2, -0.15) is 0 Å². The summed E-state index contributed by atoms with van der Waals surface area (Å²) in [5, 5.41) is 6.13. The summed E-state index contributed by atoms with van der Waals surface area (Å²) in [5.74, 6) is -0.408. The van der Waals surface area contributed by atoms with Crippen LogP contribution in [-0.2, 0) is 0 Å². The molecule has 3 aromatic rings. The highest BCUT2D eigenvalue weighted by atomic mass is 35.5. The van der Waals surface area contributed by atoms with Gasteiger partial charge in [0.1, 0.15) is 5.56 Å². The second-order valence-corrected chi connectivity index (χ2v) is 5.48. The number of anilines is 1. The van der Waals surface area contributed by atoms with Crippen molar-refractivity contribution >= 4 is 40.4 Å². The van der Waals surface area contributed by atoms with Crippen LogP contribution in [0.1, 0.15) is 16.1 Å². The first-order valence-corrected chi connectivity index (χ1v) is 7.05. The number of carbonyl (C=O) groups excluding carboxylic acids is 1. The number of carbonyl (C=O) groups is 1. The van der Waals surface area contributed by atoms with Crippen LogP contribution in [0.25, 0.3) is 5.65 Å². The normalized spacial score (nSPS) is 10.9. The molecule has 2 aromatic heterocycles. The number of nitrogens with zero attached hydrogens (tertiary/aromatic N) is 2. The van der Waals surface area contributed by atoms with Gasteiger partial charge in [0.05, 0.1) is 10.0 Å². The third kappa shape index (κ3) is 2.58. The van der Waals surface area contributed by atoms with E-state index in [1.54, 1.807) is 25.1 Å². The Morgan fingerprint density at radius 2 is 2.05 bits per heavy atom. The van der Waals surface area contributed by atoms with Crippen LogP contribution >= 0.6 is 23.2 Å². The van der Waals surface area contributed by atoms with Crippen LogP contribution in [0.3, 0.4) is 0 Å². The molecular weight excluding hydrogens is 327 g/mol. The van der Waals surface area contributed by atoms with Crippen LogP contribution in [0.2, 0.25) is 10.0 Å². The molecular formula is C14H10Cl2N4O2. The Balaban J connectivity index is 1.99. The number of aryl methyl sites for hydroxylation is 1. The number of aromatic amines is 1. The smallest absolute Gasteiger partial charge is 0.272 e. The van der Waals surface area contributed by atoms with Gasteiger partial charge in [-0.3, -0.25) is 14.7 Å². The van der Waals surface area contributed by atoms with Crippen molar-refractivity contribution in [2.24, 2.45) is 0 Å². The van der Waals surface area contributed by atoms with E-state index >= 15 is 0 Å². The van der Waals surface area contributed by atoms with Gasteiger partial charge in [0.25, 0.3) is 11.5 Å². The lowest BCUT2D eigenvalue weighted by molar-refractivity contribution is 0.102. The lowest BCUT2D eigenvalue weighted by Gasteiger charge is -2.05. The number of aromatic nitrogens is 3. The van der Waals surface area contributed by atoms with Crippen molar-refractivity contribution in [1.82, 2.24) is 14.6 Å². The summed E-state index contributed by atoms with van der Waals surface area (Å²) in [6.45, 7) is 1.69. The van der Waals surface area contributed by atoms with Crippen LogP contribution in [-0.4, -0.2) is 20.5 Å². The molecule has 0 bridgehead atoms. The van der Waals surface area contributed by atoms with Gasteiger partial charge >= 0.3 is 0 Å². The molecule has 0 aliphatic rings. The van der Waals surface area contributed by atoms with E-state index in [1.165, 1.54) is 16.8 Å². The maximum absolute atomic E-state index is 12.3. The molecule has 0 saturated heterocycles. The SMILES string of the molecule is Cc1cc(=O)n2[nH]cc(C(=O)Nc3ccc(Cl)c(Cl)c3)c2n1. The van der Waals surface area contributed by atoms with Gasteiger partial charge in [-0.1, -0.05) is 23.2 Å². The van der Waals surface area contributed by atoms with E-state index < -0.39 is 5.91 Å². The lowest BCUT2D eigenvalue weighted by atomic mass is 10.2. The maximum Gasteiger partial charge on any atom is 0.272 e. The predicted octanol–water partition coefficient (Wildman–Crippen LogP) is 2.89. The first kappa shape index (κ1) is 14.6. The fourth-order valence-corrected chi connectivity index (χ4v) is 2.33. The van der Waals surface area contributed by atoms with Crippen molar-refractivity contribution < 1.29 is 4.79 Å². The molecule has 0 spiro atoms. The summed E-state index contributed by atoms with van der Waals surface area (Å²) in [6, 6.07) is 6.14. The highest BCUT2D eigenvalue weighted by molar-refractivity contribution is 6.42. The topological polar surface area (TPSA) is 79.3 Å². The van der Waals surface area contributed by atoms with E-state index in [0.717, 1.165) is 0 Å². The Morgan fingerprint density at radius 3 is 2.77 bits per heavy atom. The second kappa shape index (κ2) is 5.47. The fourth-order valence-electron chi connectivity index (χ4n) is 2.04. The molecule has 0 aliphatic carbocycles. The highest BCUT2D eigenvalue weighted by Crippen LogP contribution is 2.25. The first-order valence-electron chi connectivity index (χ1n) is 6.30. The van der Waals surface area contributed by atoms with Gasteiger partial charge in [0.2, 0.25) is 0 Å². The summed E-state index contributed by atoms with van der Waals surface area (Å²) in [7, 11) is 0. The largest absolute Gasteiger partial charge is 0.322 e. The Morgan fingerprint density at radius 1 is 1.27 bits per heavy atom. The van der Waals surface area contributed by atoms with Crippen molar-refractivity contribution in [3.8, 4) is 0 Å². The summed E-state index contributed by atoms with van der Waals surface area (Å²) < 4.78 is 1.21. The number of nitrogens with one attached hydrogen (secondary N) is 2. The molecule has 2 heterocycles. The molecule has 6 nitrogen and oxygen atoms in total. The molecule has 1 aromatic carbocycles. The number of benzene rings is 1. The third-order valence-corrected chi connectivity index (χ3v) is 3.79. The van der Waals surface area contributed by atoms with Crippen LogP contribution in [0.4, 0.5) is 5.69 Å². The fraction of sp³-hybridized carbons (Fsp3) is 0.0714. The Hall–Kier alpha value is -2.31. The molecule has 0 saturated carbocycles. The number of hydrogen-bond acceptors (Lipinski definition) is 3. The molecule has 2 N–H and O–H groups in total. The highest BCUT2D eigenvalue weighted by Gasteiger charge is 2.15. The van der Waals surface area contributed by atoms with Crippen molar-refractivity contribution in [2.75, 3.05) is 5.32 Å². The number of rotatable bonds is 2. The van der Waals surface area contributed by atoms with Crippen molar-refractivity contribution in [3.63, 3.8) is 0 Å². The summed E-state index contributed by atoms with van der Waals surface area (Å²) in [5.41, 5.74) is 1.27. The van der Waals surface area contributed by atoms with Crippen LogP contribution in [0.15, 0.2) is 35.3 Å². The molecule has 0 aliphatic heterocycles. The molecule has 3 rings (SSSR count). The van der Waals surface area contributed by atoms with E-state index in [2.05, 4.69) is 15.4 Å². The molecule has 22 heavy (non-hydrogen) atoms. The Kier molecular flexibility index (Phi) is 3.64.